The van der Waals surface area contributed by atoms with Crippen LogP contribution in [-0.4, -0.2) is 34.5 Å². The Morgan fingerprint density at radius 3 is 2.48 bits per heavy atom. The van der Waals surface area contributed by atoms with E-state index in [1.807, 2.05) is 0 Å². The Balaban J connectivity index is 1.76. The summed E-state index contributed by atoms with van der Waals surface area (Å²) in [5.41, 5.74) is -0.936. The number of nitrogens with one attached hydrogen (secondary N) is 1. The lowest BCUT2D eigenvalue weighted by Gasteiger charge is -2.11. The third-order valence-electron chi connectivity index (χ3n) is 4.31. The molecule has 0 saturated heterocycles. The highest BCUT2D eigenvalue weighted by atomic mass is 32.2. The van der Waals surface area contributed by atoms with Gasteiger partial charge in [-0.3, -0.25) is 9.59 Å². The fraction of sp³-hybridized carbons (Fsp3) is 0.167. The van der Waals surface area contributed by atoms with E-state index in [1.54, 1.807) is 0 Å². The highest BCUT2D eigenvalue weighted by Gasteiger charge is 2.30. The van der Waals surface area contributed by atoms with Gasteiger partial charge in [0.2, 0.25) is 0 Å². The third kappa shape index (κ3) is 4.09. The molecule has 0 aliphatic rings. The monoisotopic (exact) mass is 450 g/mol. The van der Waals surface area contributed by atoms with E-state index in [0.717, 1.165) is 39.3 Å². The molecule has 4 aromatic rings. The fourth-order valence-corrected chi connectivity index (χ4v) is 3.72. The summed E-state index contributed by atoms with van der Waals surface area (Å²) in [6.07, 6.45) is -0.892. The number of halogens is 3. The zero-order valence-electron chi connectivity index (χ0n) is 15.5. The SMILES string of the molecule is O=c1cnc(-n2c(SCc3ccc(C(F)(F)F)cc3)nn3ncc(CO)c3c2=O)c[nH]1. The van der Waals surface area contributed by atoms with Gasteiger partial charge >= 0.3 is 6.18 Å². The summed E-state index contributed by atoms with van der Waals surface area (Å²) in [6.45, 7) is -0.433. The Labute approximate surface area is 175 Å². The molecule has 0 radical (unpaired) electrons. The second kappa shape index (κ2) is 8.00. The predicted octanol–water partition coefficient (Wildman–Crippen LogP) is 1.77. The number of alkyl halides is 3. The molecular formula is C18H13F3N6O3S. The number of thioether (sulfide) groups is 1. The maximum absolute atomic E-state index is 13.1. The number of aromatic nitrogens is 6. The van der Waals surface area contributed by atoms with E-state index in [2.05, 4.69) is 20.2 Å². The first-order chi connectivity index (χ1) is 14.8. The van der Waals surface area contributed by atoms with Gasteiger partial charge in [-0.05, 0) is 17.7 Å². The quantitative estimate of drug-likeness (QED) is 0.445. The maximum atomic E-state index is 13.1. The van der Waals surface area contributed by atoms with Crippen molar-refractivity contribution in [2.75, 3.05) is 0 Å². The highest BCUT2D eigenvalue weighted by Crippen LogP contribution is 2.30. The van der Waals surface area contributed by atoms with E-state index in [-0.39, 0.29) is 27.8 Å². The molecule has 0 atom stereocenters. The Bertz CT molecular complexity index is 1340. The van der Waals surface area contributed by atoms with Crippen LogP contribution in [0.1, 0.15) is 16.7 Å². The average Bonchev–Trinajstić information content (AvgIpc) is 3.16. The largest absolute Gasteiger partial charge is 0.416 e. The number of aromatic amines is 1. The van der Waals surface area contributed by atoms with Crippen LogP contribution in [0.2, 0.25) is 0 Å². The number of H-pyrrole nitrogens is 1. The van der Waals surface area contributed by atoms with Crippen LogP contribution in [-0.2, 0) is 18.5 Å². The van der Waals surface area contributed by atoms with Crippen molar-refractivity contribution in [3.05, 3.63) is 80.3 Å². The highest BCUT2D eigenvalue weighted by molar-refractivity contribution is 7.98. The average molecular weight is 450 g/mol. The van der Waals surface area contributed by atoms with E-state index in [1.165, 1.54) is 24.5 Å². The summed E-state index contributed by atoms with van der Waals surface area (Å²) in [6, 6.07) is 4.63. The van der Waals surface area contributed by atoms with Crippen LogP contribution in [0.5, 0.6) is 0 Å². The van der Waals surface area contributed by atoms with Crippen LogP contribution >= 0.6 is 11.8 Å². The molecule has 0 aliphatic carbocycles. The first kappa shape index (κ1) is 20.8. The van der Waals surface area contributed by atoms with Crippen LogP contribution in [0.4, 0.5) is 13.2 Å². The molecular weight excluding hydrogens is 437 g/mol. The summed E-state index contributed by atoms with van der Waals surface area (Å²) in [4.78, 5) is 30.9. The zero-order chi connectivity index (χ0) is 22.2. The maximum Gasteiger partial charge on any atom is 0.416 e. The topological polar surface area (TPSA) is 118 Å². The molecule has 3 aromatic heterocycles. The Hall–Kier alpha value is -3.45. The number of nitrogens with zero attached hydrogens (tertiary/aromatic N) is 5. The van der Waals surface area contributed by atoms with Crippen molar-refractivity contribution in [3.8, 4) is 5.82 Å². The second-order valence-corrected chi connectivity index (χ2v) is 7.28. The van der Waals surface area contributed by atoms with Crippen molar-refractivity contribution in [1.29, 1.82) is 0 Å². The molecule has 0 amide bonds. The van der Waals surface area contributed by atoms with Crippen LogP contribution in [0.3, 0.4) is 0 Å². The Morgan fingerprint density at radius 2 is 1.87 bits per heavy atom. The number of aliphatic hydroxyl groups excluding tert-OH is 1. The minimum absolute atomic E-state index is 0.0365. The molecule has 3 heterocycles. The van der Waals surface area contributed by atoms with Gasteiger partial charge < -0.3 is 10.1 Å². The standard InChI is InChI=1S/C18H13F3N6O3S/c19-18(20,21)12-3-1-10(2-4-12)9-31-17-25-27-15(11(8-28)5-24-27)16(30)26(17)13-6-23-14(29)7-22-13/h1-7,28H,8-9H2,(H,23,29). The van der Waals surface area contributed by atoms with Gasteiger partial charge in [0, 0.05) is 17.5 Å². The molecule has 4 rings (SSSR count). The van der Waals surface area contributed by atoms with E-state index < -0.39 is 29.5 Å². The molecule has 160 valence electrons. The van der Waals surface area contributed by atoms with Crippen molar-refractivity contribution in [2.24, 2.45) is 0 Å². The number of aliphatic hydroxyl groups is 1. The van der Waals surface area contributed by atoms with E-state index in [9.17, 15) is 27.9 Å². The summed E-state index contributed by atoms with van der Waals surface area (Å²) in [5, 5.41) is 17.9. The Morgan fingerprint density at radius 1 is 1.13 bits per heavy atom. The van der Waals surface area contributed by atoms with Crippen LogP contribution in [0, 0.1) is 0 Å². The normalized spacial score (nSPS) is 11.9. The van der Waals surface area contributed by atoms with Crippen LogP contribution in [0.15, 0.2) is 57.6 Å². The van der Waals surface area contributed by atoms with Gasteiger partial charge in [0.1, 0.15) is 0 Å². The van der Waals surface area contributed by atoms with Gasteiger partial charge in [0.05, 0.1) is 24.6 Å². The molecule has 0 bridgehead atoms. The lowest BCUT2D eigenvalue weighted by Crippen LogP contribution is -2.26. The zero-order valence-corrected chi connectivity index (χ0v) is 16.3. The molecule has 0 aliphatic heterocycles. The van der Waals surface area contributed by atoms with Gasteiger partial charge in [-0.2, -0.15) is 18.3 Å². The van der Waals surface area contributed by atoms with Crippen molar-refractivity contribution in [3.63, 3.8) is 0 Å². The molecule has 0 saturated carbocycles. The smallest absolute Gasteiger partial charge is 0.392 e. The van der Waals surface area contributed by atoms with Gasteiger partial charge in [-0.1, -0.05) is 23.9 Å². The fourth-order valence-electron chi connectivity index (χ4n) is 2.80. The molecule has 0 fully saturated rings. The van der Waals surface area contributed by atoms with Crippen LogP contribution in [0.25, 0.3) is 11.3 Å². The summed E-state index contributed by atoms with van der Waals surface area (Å²) in [5.74, 6) is 0.285. The van der Waals surface area contributed by atoms with Crippen molar-refractivity contribution in [2.45, 2.75) is 23.7 Å². The van der Waals surface area contributed by atoms with Gasteiger partial charge in [-0.25, -0.2) is 9.55 Å². The van der Waals surface area contributed by atoms with Crippen molar-refractivity contribution >= 4 is 17.3 Å². The molecule has 13 heteroatoms. The molecule has 0 spiro atoms. The minimum Gasteiger partial charge on any atom is -0.392 e. The first-order valence-corrected chi connectivity index (χ1v) is 9.71. The third-order valence-corrected chi connectivity index (χ3v) is 5.31. The number of hydrogen-bond acceptors (Lipinski definition) is 7. The van der Waals surface area contributed by atoms with Gasteiger partial charge in [0.15, 0.2) is 16.5 Å². The predicted molar refractivity (Wildman–Crippen MR) is 104 cm³/mol. The van der Waals surface area contributed by atoms with E-state index in [0.29, 0.717) is 5.56 Å². The molecule has 31 heavy (non-hydrogen) atoms. The van der Waals surface area contributed by atoms with Crippen molar-refractivity contribution < 1.29 is 18.3 Å². The number of benzene rings is 1. The van der Waals surface area contributed by atoms with Crippen molar-refractivity contribution in [1.82, 2.24) is 29.4 Å². The number of fused-ring (bicyclic) bond motifs is 1. The Kier molecular flexibility index (Phi) is 5.37. The molecule has 2 N–H and O–H groups in total. The van der Waals surface area contributed by atoms with Gasteiger partial charge in [-0.15, -0.1) is 9.73 Å². The molecule has 9 nitrogen and oxygen atoms in total. The van der Waals surface area contributed by atoms with Gasteiger partial charge in [0.25, 0.3) is 11.1 Å². The minimum atomic E-state index is -4.43. The summed E-state index contributed by atoms with van der Waals surface area (Å²) in [7, 11) is 0. The summed E-state index contributed by atoms with van der Waals surface area (Å²) < 4.78 is 40.5. The molecule has 0 unspecified atom stereocenters. The van der Waals surface area contributed by atoms with Crippen LogP contribution < -0.4 is 11.1 Å². The first-order valence-electron chi connectivity index (χ1n) is 8.73. The number of rotatable bonds is 5. The summed E-state index contributed by atoms with van der Waals surface area (Å²) >= 11 is 1.07. The molecule has 1 aromatic carbocycles. The van der Waals surface area contributed by atoms with E-state index >= 15 is 0 Å². The number of hydrogen-bond donors (Lipinski definition) is 2. The lowest BCUT2D eigenvalue weighted by atomic mass is 10.1. The lowest BCUT2D eigenvalue weighted by molar-refractivity contribution is -0.137. The second-order valence-electron chi connectivity index (χ2n) is 6.34. The van der Waals surface area contributed by atoms with E-state index in [4.69, 9.17) is 0 Å².